The van der Waals surface area contributed by atoms with Crippen molar-refractivity contribution >= 4 is 19.1 Å². The normalized spacial score (nSPS) is 11.5. The second-order valence-corrected chi connectivity index (χ2v) is 10.5. The van der Waals surface area contributed by atoms with Gasteiger partial charge in [0.1, 0.15) is 8.07 Å². The molecule has 1 heterocycles. The molecule has 0 N–H and O–H groups in total. The first kappa shape index (κ1) is 13.4. The van der Waals surface area contributed by atoms with Gasteiger partial charge in [-0.15, -0.1) is 5.10 Å². The van der Waals surface area contributed by atoms with E-state index in [0.717, 1.165) is 10.9 Å². The molecule has 0 atom stereocenters. The van der Waals surface area contributed by atoms with E-state index in [2.05, 4.69) is 30.0 Å². The van der Waals surface area contributed by atoms with Gasteiger partial charge in [0.25, 0.3) is 5.69 Å². The van der Waals surface area contributed by atoms with E-state index in [0.29, 0.717) is 6.54 Å². The SMILES string of the molecule is C[Si](C)(C)c1cn(Cc2ccc([N+](=O)[O-])cc2)nn1. The zero-order valence-electron chi connectivity index (χ0n) is 11.2. The van der Waals surface area contributed by atoms with Crippen molar-refractivity contribution in [3.8, 4) is 0 Å². The molecule has 6 nitrogen and oxygen atoms in total. The molecule has 0 unspecified atom stereocenters. The van der Waals surface area contributed by atoms with Crippen molar-refractivity contribution in [3.05, 3.63) is 46.1 Å². The minimum Gasteiger partial charge on any atom is -0.258 e. The minimum absolute atomic E-state index is 0.102. The van der Waals surface area contributed by atoms with E-state index in [1.165, 1.54) is 12.1 Å². The first-order valence-electron chi connectivity index (χ1n) is 6.00. The van der Waals surface area contributed by atoms with E-state index < -0.39 is 13.0 Å². The number of nitro groups is 1. The van der Waals surface area contributed by atoms with Gasteiger partial charge in [0.2, 0.25) is 0 Å². The van der Waals surface area contributed by atoms with Crippen LogP contribution in [0.15, 0.2) is 30.5 Å². The largest absolute Gasteiger partial charge is 0.269 e. The van der Waals surface area contributed by atoms with Crippen molar-refractivity contribution in [3.63, 3.8) is 0 Å². The van der Waals surface area contributed by atoms with Crippen molar-refractivity contribution in [1.82, 2.24) is 15.0 Å². The van der Waals surface area contributed by atoms with E-state index in [1.54, 1.807) is 16.8 Å². The third-order valence-electron chi connectivity index (χ3n) is 2.80. The Morgan fingerprint density at radius 3 is 2.37 bits per heavy atom. The highest BCUT2D eigenvalue weighted by atomic mass is 28.3. The maximum Gasteiger partial charge on any atom is 0.269 e. The summed E-state index contributed by atoms with van der Waals surface area (Å²) in [6, 6.07) is 6.50. The Morgan fingerprint density at radius 2 is 1.89 bits per heavy atom. The summed E-state index contributed by atoms with van der Waals surface area (Å²) in [6.07, 6.45) is 1.97. The maximum absolute atomic E-state index is 10.6. The lowest BCUT2D eigenvalue weighted by Gasteiger charge is -2.09. The first-order valence-corrected chi connectivity index (χ1v) is 9.50. The highest BCUT2D eigenvalue weighted by Gasteiger charge is 2.20. The topological polar surface area (TPSA) is 73.8 Å². The standard InChI is InChI=1S/C12H16N4O2Si/c1-19(2,3)12-9-15(14-13-12)8-10-4-6-11(7-5-10)16(17)18/h4-7,9H,8H2,1-3H3. The molecular formula is C12H16N4O2Si. The molecular weight excluding hydrogens is 260 g/mol. The van der Waals surface area contributed by atoms with Crippen LogP contribution >= 0.6 is 0 Å². The van der Waals surface area contributed by atoms with E-state index in [1.807, 2.05) is 6.20 Å². The molecule has 0 radical (unpaired) electrons. The van der Waals surface area contributed by atoms with Crippen LogP contribution in [0.3, 0.4) is 0 Å². The van der Waals surface area contributed by atoms with Crippen molar-refractivity contribution < 1.29 is 4.92 Å². The van der Waals surface area contributed by atoms with Gasteiger partial charge < -0.3 is 0 Å². The van der Waals surface area contributed by atoms with Crippen LogP contribution in [-0.4, -0.2) is 28.0 Å². The lowest BCUT2D eigenvalue weighted by molar-refractivity contribution is -0.384. The average molecular weight is 276 g/mol. The molecule has 0 aliphatic carbocycles. The first-order chi connectivity index (χ1) is 8.86. The Kier molecular flexibility index (Phi) is 3.48. The summed E-state index contributed by atoms with van der Waals surface area (Å²) < 4.78 is 1.77. The second-order valence-electron chi connectivity index (χ2n) is 5.47. The third kappa shape index (κ3) is 3.25. The zero-order valence-corrected chi connectivity index (χ0v) is 12.2. The fourth-order valence-corrected chi connectivity index (χ4v) is 2.51. The van der Waals surface area contributed by atoms with Gasteiger partial charge in [-0.2, -0.15) is 0 Å². The molecule has 100 valence electrons. The van der Waals surface area contributed by atoms with E-state index in [-0.39, 0.29) is 5.69 Å². The Balaban J connectivity index is 2.13. The van der Waals surface area contributed by atoms with Crippen molar-refractivity contribution in [2.45, 2.75) is 26.2 Å². The molecule has 1 aromatic heterocycles. The van der Waals surface area contributed by atoms with Crippen LogP contribution in [0.1, 0.15) is 5.56 Å². The molecule has 0 spiro atoms. The van der Waals surface area contributed by atoms with Crippen LogP contribution in [0, 0.1) is 10.1 Å². The van der Waals surface area contributed by atoms with Crippen molar-refractivity contribution in [2.24, 2.45) is 0 Å². The van der Waals surface area contributed by atoms with Crippen molar-refractivity contribution in [2.75, 3.05) is 0 Å². The van der Waals surface area contributed by atoms with Crippen LogP contribution in [0.4, 0.5) is 5.69 Å². The fourth-order valence-electron chi connectivity index (χ4n) is 1.63. The fraction of sp³-hybridized carbons (Fsp3) is 0.333. The zero-order chi connectivity index (χ0) is 14.0. The van der Waals surface area contributed by atoms with E-state index >= 15 is 0 Å². The molecule has 0 amide bonds. The molecule has 0 aliphatic rings. The van der Waals surface area contributed by atoms with Gasteiger partial charge in [-0.05, 0) is 5.56 Å². The van der Waals surface area contributed by atoms with Crippen LogP contribution in [0.25, 0.3) is 0 Å². The van der Waals surface area contributed by atoms with Crippen LogP contribution in [0.2, 0.25) is 19.6 Å². The number of non-ortho nitro benzene ring substituents is 1. The molecule has 2 rings (SSSR count). The Bertz CT molecular complexity index is 587. The Hall–Kier alpha value is -2.02. The highest BCUT2D eigenvalue weighted by Crippen LogP contribution is 2.12. The monoisotopic (exact) mass is 276 g/mol. The lowest BCUT2D eigenvalue weighted by atomic mass is 10.2. The molecule has 2 aromatic rings. The third-order valence-corrected chi connectivity index (χ3v) is 4.56. The minimum atomic E-state index is -1.44. The lowest BCUT2D eigenvalue weighted by Crippen LogP contribution is -2.38. The summed E-state index contributed by atoms with van der Waals surface area (Å²) in [5, 5.41) is 19.9. The van der Waals surface area contributed by atoms with Crippen molar-refractivity contribution in [1.29, 1.82) is 0 Å². The summed E-state index contributed by atoms with van der Waals surface area (Å²) in [4.78, 5) is 10.2. The number of benzene rings is 1. The number of rotatable bonds is 4. The summed E-state index contributed by atoms with van der Waals surface area (Å²) >= 11 is 0. The number of aromatic nitrogens is 3. The summed E-state index contributed by atoms with van der Waals surface area (Å²) in [5.41, 5.74) is 1.07. The summed E-state index contributed by atoms with van der Waals surface area (Å²) in [6.45, 7) is 7.23. The van der Waals surface area contributed by atoms with Gasteiger partial charge in [-0.3, -0.25) is 10.1 Å². The Morgan fingerprint density at radius 1 is 1.26 bits per heavy atom. The van der Waals surface area contributed by atoms with E-state index in [9.17, 15) is 10.1 Å². The van der Waals surface area contributed by atoms with Gasteiger partial charge in [0, 0.05) is 18.3 Å². The van der Waals surface area contributed by atoms with Crippen LogP contribution in [0.5, 0.6) is 0 Å². The van der Waals surface area contributed by atoms with Gasteiger partial charge in [0.15, 0.2) is 0 Å². The number of nitro benzene ring substituents is 1. The van der Waals surface area contributed by atoms with Gasteiger partial charge in [-0.1, -0.05) is 37.0 Å². The van der Waals surface area contributed by atoms with E-state index in [4.69, 9.17) is 0 Å². The number of hydrogen-bond donors (Lipinski definition) is 0. The molecule has 1 aromatic carbocycles. The molecule has 7 heteroatoms. The summed E-state index contributed by atoms with van der Waals surface area (Å²) in [7, 11) is -1.44. The molecule has 0 saturated heterocycles. The predicted molar refractivity (Wildman–Crippen MR) is 75.2 cm³/mol. The molecule has 19 heavy (non-hydrogen) atoms. The quantitative estimate of drug-likeness (QED) is 0.484. The maximum atomic E-state index is 10.6. The average Bonchev–Trinajstić information content (AvgIpc) is 2.78. The Labute approximate surface area is 112 Å². The van der Waals surface area contributed by atoms with Gasteiger partial charge in [0.05, 0.1) is 16.8 Å². The molecule has 0 aliphatic heterocycles. The molecule has 0 saturated carbocycles. The molecule has 0 fully saturated rings. The summed E-state index contributed by atoms with van der Waals surface area (Å²) in [5.74, 6) is 0. The van der Waals surface area contributed by atoms with Gasteiger partial charge >= 0.3 is 0 Å². The van der Waals surface area contributed by atoms with Gasteiger partial charge in [-0.25, -0.2) is 4.68 Å². The second kappa shape index (κ2) is 4.92. The number of hydrogen-bond acceptors (Lipinski definition) is 4. The smallest absolute Gasteiger partial charge is 0.258 e. The van der Waals surface area contributed by atoms with Crippen LogP contribution in [-0.2, 0) is 6.54 Å². The molecule has 0 bridgehead atoms. The highest BCUT2D eigenvalue weighted by molar-refractivity contribution is 6.88. The number of nitrogens with zero attached hydrogens (tertiary/aromatic N) is 4. The predicted octanol–water partition coefficient (Wildman–Crippen LogP) is 1.78. The van der Waals surface area contributed by atoms with Crippen LogP contribution < -0.4 is 5.32 Å².